The molecule has 1 heterocycles. The quantitative estimate of drug-likeness (QED) is 0.841. The molecule has 0 saturated carbocycles. The minimum Gasteiger partial charge on any atom is -0.392 e. The fraction of sp³-hybridized carbons (Fsp3) is 0.417. The Balaban J connectivity index is 2.37. The van der Waals surface area contributed by atoms with Crippen LogP contribution >= 0.6 is 11.6 Å². The summed E-state index contributed by atoms with van der Waals surface area (Å²) < 4.78 is 13.8. The SMILES string of the molecule is O=C1CC(CCl)CN1c1c(F)cccc1CO. The number of anilines is 1. The van der Waals surface area contributed by atoms with Gasteiger partial charge in [0.15, 0.2) is 0 Å². The van der Waals surface area contributed by atoms with Crippen molar-refractivity contribution in [3.63, 3.8) is 0 Å². The first-order chi connectivity index (χ1) is 8.17. The topological polar surface area (TPSA) is 40.5 Å². The smallest absolute Gasteiger partial charge is 0.227 e. The molecular formula is C12H13ClFNO2. The van der Waals surface area contributed by atoms with Gasteiger partial charge in [0.25, 0.3) is 0 Å². The molecule has 0 aliphatic carbocycles. The summed E-state index contributed by atoms with van der Waals surface area (Å²) in [6.07, 6.45) is 0.336. The zero-order valence-corrected chi connectivity index (χ0v) is 9.95. The van der Waals surface area contributed by atoms with Crippen LogP contribution in [0.5, 0.6) is 0 Å². The van der Waals surface area contributed by atoms with E-state index in [-0.39, 0.29) is 24.1 Å². The van der Waals surface area contributed by atoms with Gasteiger partial charge in [-0.25, -0.2) is 4.39 Å². The van der Waals surface area contributed by atoms with Gasteiger partial charge in [0.2, 0.25) is 5.91 Å². The van der Waals surface area contributed by atoms with E-state index in [4.69, 9.17) is 11.6 Å². The van der Waals surface area contributed by atoms with E-state index in [1.807, 2.05) is 0 Å². The largest absolute Gasteiger partial charge is 0.392 e. The Morgan fingerprint density at radius 3 is 2.88 bits per heavy atom. The van der Waals surface area contributed by atoms with Crippen LogP contribution in [0.3, 0.4) is 0 Å². The Kier molecular flexibility index (Phi) is 3.64. The molecule has 2 rings (SSSR count). The molecular weight excluding hydrogens is 245 g/mol. The van der Waals surface area contributed by atoms with E-state index in [0.717, 1.165) is 0 Å². The Morgan fingerprint density at radius 2 is 2.29 bits per heavy atom. The van der Waals surface area contributed by atoms with E-state index in [1.54, 1.807) is 6.07 Å². The molecule has 1 unspecified atom stereocenters. The van der Waals surface area contributed by atoms with Crippen LogP contribution in [-0.4, -0.2) is 23.4 Å². The highest BCUT2D eigenvalue weighted by atomic mass is 35.5. The lowest BCUT2D eigenvalue weighted by Gasteiger charge is -2.20. The first kappa shape index (κ1) is 12.3. The molecule has 3 nitrogen and oxygen atoms in total. The summed E-state index contributed by atoms with van der Waals surface area (Å²) in [4.78, 5) is 13.2. The van der Waals surface area contributed by atoms with Crippen molar-refractivity contribution < 1.29 is 14.3 Å². The maximum atomic E-state index is 13.8. The molecule has 0 bridgehead atoms. The van der Waals surface area contributed by atoms with Gasteiger partial charge in [0, 0.05) is 24.4 Å². The average Bonchev–Trinajstić information content (AvgIpc) is 2.70. The molecule has 0 spiro atoms. The molecule has 1 aliphatic heterocycles. The van der Waals surface area contributed by atoms with Gasteiger partial charge in [-0.3, -0.25) is 4.79 Å². The van der Waals surface area contributed by atoms with Crippen molar-refractivity contribution in [3.8, 4) is 0 Å². The van der Waals surface area contributed by atoms with Crippen molar-refractivity contribution >= 4 is 23.2 Å². The number of hydrogen-bond donors (Lipinski definition) is 1. The van der Waals surface area contributed by atoms with Crippen LogP contribution in [0.2, 0.25) is 0 Å². The zero-order valence-electron chi connectivity index (χ0n) is 9.20. The Hall–Kier alpha value is -1.13. The molecule has 1 aromatic rings. The Bertz CT molecular complexity index is 439. The number of benzene rings is 1. The van der Waals surface area contributed by atoms with Crippen molar-refractivity contribution in [2.75, 3.05) is 17.3 Å². The van der Waals surface area contributed by atoms with Crippen LogP contribution in [-0.2, 0) is 11.4 Å². The summed E-state index contributed by atoms with van der Waals surface area (Å²) >= 11 is 5.72. The number of carbonyl (C=O) groups is 1. The third kappa shape index (κ3) is 2.28. The first-order valence-electron chi connectivity index (χ1n) is 5.42. The highest BCUT2D eigenvalue weighted by molar-refractivity contribution is 6.18. The molecule has 1 amide bonds. The highest BCUT2D eigenvalue weighted by Gasteiger charge is 2.32. The fourth-order valence-corrected chi connectivity index (χ4v) is 2.30. The third-order valence-corrected chi connectivity index (χ3v) is 3.37. The highest BCUT2D eigenvalue weighted by Crippen LogP contribution is 2.31. The lowest BCUT2D eigenvalue weighted by atomic mass is 10.1. The summed E-state index contributed by atoms with van der Waals surface area (Å²) in [6, 6.07) is 4.42. The normalized spacial score (nSPS) is 20.1. The summed E-state index contributed by atoms with van der Waals surface area (Å²) in [5.74, 6) is -0.198. The first-order valence-corrected chi connectivity index (χ1v) is 5.95. The number of hydrogen-bond acceptors (Lipinski definition) is 2. The number of aliphatic hydroxyl groups is 1. The monoisotopic (exact) mass is 257 g/mol. The molecule has 1 aliphatic rings. The van der Waals surface area contributed by atoms with Gasteiger partial charge in [0.05, 0.1) is 12.3 Å². The van der Waals surface area contributed by atoms with Gasteiger partial charge >= 0.3 is 0 Å². The van der Waals surface area contributed by atoms with Crippen molar-refractivity contribution in [2.45, 2.75) is 13.0 Å². The van der Waals surface area contributed by atoms with Gasteiger partial charge in [0.1, 0.15) is 5.82 Å². The summed E-state index contributed by atoms with van der Waals surface area (Å²) in [6.45, 7) is 0.124. The molecule has 1 aromatic carbocycles. The van der Waals surface area contributed by atoms with Crippen LogP contribution in [0.15, 0.2) is 18.2 Å². The van der Waals surface area contributed by atoms with E-state index in [9.17, 15) is 14.3 Å². The lowest BCUT2D eigenvalue weighted by molar-refractivity contribution is -0.117. The second-order valence-corrected chi connectivity index (χ2v) is 4.44. The molecule has 0 aromatic heterocycles. The van der Waals surface area contributed by atoms with Gasteiger partial charge < -0.3 is 10.0 Å². The van der Waals surface area contributed by atoms with E-state index < -0.39 is 5.82 Å². The Morgan fingerprint density at radius 1 is 1.53 bits per heavy atom. The molecule has 1 N–H and O–H groups in total. The number of para-hydroxylation sites is 1. The standard InChI is InChI=1S/C12H13ClFNO2/c13-5-8-4-11(17)15(6-8)12-9(7-16)2-1-3-10(12)14/h1-3,8,16H,4-7H2. The van der Waals surface area contributed by atoms with Crippen molar-refractivity contribution in [1.29, 1.82) is 0 Å². The molecule has 92 valence electrons. The van der Waals surface area contributed by atoms with E-state index in [0.29, 0.717) is 24.4 Å². The second-order valence-electron chi connectivity index (χ2n) is 4.13. The van der Waals surface area contributed by atoms with Gasteiger partial charge in [-0.05, 0) is 12.0 Å². The van der Waals surface area contributed by atoms with E-state index in [2.05, 4.69) is 0 Å². The molecule has 5 heteroatoms. The molecule has 1 atom stereocenters. The number of aliphatic hydroxyl groups excluding tert-OH is 1. The van der Waals surface area contributed by atoms with Crippen LogP contribution in [0.4, 0.5) is 10.1 Å². The van der Waals surface area contributed by atoms with Crippen LogP contribution in [0.1, 0.15) is 12.0 Å². The zero-order chi connectivity index (χ0) is 12.4. The average molecular weight is 258 g/mol. The number of amides is 1. The summed E-state index contributed by atoms with van der Waals surface area (Å²) in [5.41, 5.74) is 0.612. The number of nitrogens with zero attached hydrogens (tertiary/aromatic N) is 1. The van der Waals surface area contributed by atoms with E-state index in [1.165, 1.54) is 17.0 Å². The fourth-order valence-electron chi connectivity index (χ4n) is 2.09. The minimum atomic E-state index is -0.486. The van der Waals surface area contributed by atoms with Crippen molar-refractivity contribution in [1.82, 2.24) is 0 Å². The maximum Gasteiger partial charge on any atom is 0.227 e. The molecule has 0 radical (unpaired) electrons. The number of alkyl halides is 1. The molecule has 1 saturated heterocycles. The van der Waals surface area contributed by atoms with Crippen LogP contribution < -0.4 is 4.90 Å². The minimum absolute atomic E-state index is 0.0512. The molecule has 17 heavy (non-hydrogen) atoms. The maximum absolute atomic E-state index is 13.8. The van der Waals surface area contributed by atoms with E-state index >= 15 is 0 Å². The van der Waals surface area contributed by atoms with Crippen LogP contribution in [0, 0.1) is 11.7 Å². The van der Waals surface area contributed by atoms with Crippen molar-refractivity contribution in [2.24, 2.45) is 5.92 Å². The molecule has 1 fully saturated rings. The number of rotatable bonds is 3. The third-order valence-electron chi connectivity index (χ3n) is 2.93. The summed E-state index contributed by atoms with van der Waals surface area (Å²) in [7, 11) is 0. The van der Waals surface area contributed by atoms with Gasteiger partial charge in [-0.2, -0.15) is 0 Å². The summed E-state index contributed by atoms with van der Waals surface area (Å²) in [5, 5.41) is 9.18. The number of halogens is 2. The lowest BCUT2D eigenvalue weighted by Crippen LogP contribution is -2.27. The Labute approximate surface area is 104 Å². The van der Waals surface area contributed by atoms with Crippen LogP contribution in [0.25, 0.3) is 0 Å². The predicted molar refractivity (Wildman–Crippen MR) is 63.5 cm³/mol. The number of carbonyl (C=O) groups excluding carboxylic acids is 1. The van der Waals surface area contributed by atoms with Gasteiger partial charge in [-0.1, -0.05) is 12.1 Å². The van der Waals surface area contributed by atoms with Crippen molar-refractivity contribution in [3.05, 3.63) is 29.6 Å². The predicted octanol–water partition coefficient (Wildman–Crippen LogP) is 1.91. The second kappa shape index (κ2) is 5.02. The van der Waals surface area contributed by atoms with Gasteiger partial charge in [-0.15, -0.1) is 11.6 Å².